The number of likely N-dealkylation sites (tertiary alicyclic amines) is 1. The van der Waals surface area contributed by atoms with E-state index in [9.17, 15) is 9.59 Å². The number of hydrogen-bond donors (Lipinski definition) is 1. The van der Waals surface area contributed by atoms with Crippen molar-refractivity contribution in [3.63, 3.8) is 0 Å². The van der Waals surface area contributed by atoms with E-state index in [1.807, 2.05) is 0 Å². The van der Waals surface area contributed by atoms with E-state index < -0.39 is 11.9 Å². The average molecular weight is 291 g/mol. The summed E-state index contributed by atoms with van der Waals surface area (Å²) in [6, 6.07) is 7.01. The molecule has 1 atom stereocenters. The molecule has 21 heavy (non-hydrogen) atoms. The molecule has 0 spiro atoms. The molecule has 1 N–H and O–H groups in total. The first-order valence-corrected chi connectivity index (χ1v) is 7.22. The molecule has 0 saturated carbocycles. The van der Waals surface area contributed by atoms with Gasteiger partial charge in [-0.15, -0.1) is 0 Å². The van der Waals surface area contributed by atoms with Gasteiger partial charge in [0.25, 0.3) is 5.91 Å². The van der Waals surface area contributed by atoms with Crippen LogP contribution in [0, 0.1) is 11.8 Å². The van der Waals surface area contributed by atoms with Crippen molar-refractivity contribution in [2.24, 2.45) is 11.8 Å². The monoisotopic (exact) mass is 291 g/mol. The first-order chi connectivity index (χ1) is 9.97. The number of carbonyl (C=O) groups is 2. The highest BCUT2D eigenvalue weighted by Crippen LogP contribution is 2.20. The van der Waals surface area contributed by atoms with E-state index in [4.69, 9.17) is 9.84 Å². The normalized spacial score (nSPS) is 18.0. The van der Waals surface area contributed by atoms with E-state index in [1.54, 1.807) is 29.2 Å². The third kappa shape index (κ3) is 3.97. The smallest absolute Gasteiger partial charge is 0.308 e. The molecule has 114 valence electrons. The molecule has 0 bridgehead atoms. The molecule has 2 rings (SSSR count). The van der Waals surface area contributed by atoms with Gasteiger partial charge >= 0.3 is 5.97 Å². The first-order valence-electron chi connectivity index (χ1n) is 7.22. The Morgan fingerprint density at radius 2 is 2.00 bits per heavy atom. The van der Waals surface area contributed by atoms with Crippen molar-refractivity contribution in [1.29, 1.82) is 0 Å². The van der Waals surface area contributed by atoms with Crippen LogP contribution in [0.3, 0.4) is 0 Å². The fraction of sp³-hybridized carbons (Fsp3) is 0.500. The van der Waals surface area contributed by atoms with Crippen molar-refractivity contribution in [2.45, 2.75) is 20.3 Å². The maximum Gasteiger partial charge on any atom is 0.308 e. The second-order valence-corrected chi connectivity index (χ2v) is 5.80. The van der Waals surface area contributed by atoms with E-state index >= 15 is 0 Å². The van der Waals surface area contributed by atoms with Crippen molar-refractivity contribution < 1.29 is 19.4 Å². The van der Waals surface area contributed by atoms with Crippen molar-refractivity contribution in [3.05, 3.63) is 29.8 Å². The van der Waals surface area contributed by atoms with Gasteiger partial charge in [0.1, 0.15) is 5.75 Å². The van der Waals surface area contributed by atoms with Crippen LogP contribution in [0.15, 0.2) is 24.3 Å². The van der Waals surface area contributed by atoms with Crippen LogP contribution in [0.4, 0.5) is 0 Å². The Hall–Kier alpha value is -2.04. The molecule has 1 saturated heterocycles. The largest absolute Gasteiger partial charge is 0.493 e. The van der Waals surface area contributed by atoms with Crippen LogP contribution in [0.25, 0.3) is 0 Å². The Kier molecular flexibility index (Phi) is 4.83. The lowest BCUT2D eigenvalue weighted by molar-refractivity contribution is -0.141. The molecule has 1 aliphatic rings. The molecule has 0 aliphatic carbocycles. The molecule has 1 aromatic rings. The Morgan fingerprint density at radius 3 is 2.52 bits per heavy atom. The van der Waals surface area contributed by atoms with E-state index in [0.717, 1.165) is 5.75 Å². The SMILES string of the molecule is CC(C)COc1ccc(C(=O)N2CCC(C(=O)O)C2)cc1. The lowest BCUT2D eigenvalue weighted by Gasteiger charge is -2.16. The summed E-state index contributed by atoms with van der Waals surface area (Å²) in [6.07, 6.45) is 0.524. The average Bonchev–Trinajstić information content (AvgIpc) is 2.95. The number of carboxylic acid groups (broad SMARTS) is 1. The summed E-state index contributed by atoms with van der Waals surface area (Å²) in [5.74, 6) is -0.201. The molecule has 1 amide bonds. The topological polar surface area (TPSA) is 66.8 Å². The Morgan fingerprint density at radius 1 is 1.33 bits per heavy atom. The van der Waals surface area contributed by atoms with Crippen LogP contribution in [-0.2, 0) is 4.79 Å². The second kappa shape index (κ2) is 6.61. The number of amides is 1. The number of hydrogen-bond acceptors (Lipinski definition) is 3. The van der Waals surface area contributed by atoms with E-state index in [2.05, 4.69) is 13.8 Å². The minimum atomic E-state index is -0.831. The van der Waals surface area contributed by atoms with Gasteiger partial charge in [-0.3, -0.25) is 9.59 Å². The molecule has 1 heterocycles. The Balaban J connectivity index is 1.96. The van der Waals surface area contributed by atoms with Gasteiger partial charge in [0, 0.05) is 18.7 Å². The predicted octanol–water partition coefficient (Wildman–Crippen LogP) is 2.27. The molecule has 1 aromatic carbocycles. The Bertz CT molecular complexity index is 510. The van der Waals surface area contributed by atoms with Gasteiger partial charge < -0.3 is 14.7 Å². The maximum atomic E-state index is 12.3. The fourth-order valence-electron chi connectivity index (χ4n) is 2.29. The van der Waals surface area contributed by atoms with Gasteiger partial charge in [-0.05, 0) is 36.6 Å². The van der Waals surface area contributed by atoms with E-state index in [0.29, 0.717) is 37.6 Å². The summed E-state index contributed by atoms with van der Waals surface area (Å²) in [6.45, 7) is 5.58. The zero-order valence-corrected chi connectivity index (χ0v) is 12.4. The fourth-order valence-corrected chi connectivity index (χ4v) is 2.29. The predicted molar refractivity (Wildman–Crippen MR) is 78.4 cm³/mol. The quantitative estimate of drug-likeness (QED) is 0.903. The molecule has 1 fully saturated rings. The highest BCUT2D eigenvalue weighted by molar-refractivity contribution is 5.94. The lowest BCUT2D eigenvalue weighted by atomic mass is 10.1. The molecule has 1 aliphatic heterocycles. The molecule has 0 radical (unpaired) electrons. The summed E-state index contributed by atoms with van der Waals surface area (Å²) >= 11 is 0. The lowest BCUT2D eigenvalue weighted by Crippen LogP contribution is -2.29. The zero-order chi connectivity index (χ0) is 15.4. The van der Waals surface area contributed by atoms with Gasteiger partial charge in [-0.25, -0.2) is 0 Å². The zero-order valence-electron chi connectivity index (χ0n) is 12.4. The summed E-state index contributed by atoms with van der Waals surface area (Å²) < 4.78 is 5.57. The third-order valence-corrected chi connectivity index (χ3v) is 3.51. The summed E-state index contributed by atoms with van der Waals surface area (Å²) in [5, 5.41) is 8.97. The minimum absolute atomic E-state index is 0.117. The summed E-state index contributed by atoms with van der Waals surface area (Å²) in [7, 11) is 0. The van der Waals surface area contributed by atoms with E-state index in [-0.39, 0.29) is 5.91 Å². The van der Waals surface area contributed by atoms with Crippen LogP contribution >= 0.6 is 0 Å². The molecule has 5 nitrogen and oxygen atoms in total. The molecule has 5 heteroatoms. The van der Waals surface area contributed by atoms with E-state index in [1.165, 1.54) is 0 Å². The standard InChI is InChI=1S/C16H21NO4/c1-11(2)10-21-14-5-3-12(4-6-14)15(18)17-8-7-13(9-17)16(19)20/h3-6,11,13H,7-10H2,1-2H3,(H,19,20). The number of rotatable bonds is 5. The molecular weight excluding hydrogens is 270 g/mol. The number of benzene rings is 1. The third-order valence-electron chi connectivity index (χ3n) is 3.51. The van der Waals surface area contributed by atoms with Crippen molar-refractivity contribution in [2.75, 3.05) is 19.7 Å². The van der Waals surface area contributed by atoms with Crippen LogP contribution in [-0.4, -0.2) is 41.6 Å². The number of ether oxygens (including phenoxy) is 1. The highest BCUT2D eigenvalue weighted by Gasteiger charge is 2.31. The minimum Gasteiger partial charge on any atom is -0.493 e. The van der Waals surface area contributed by atoms with Crippen LogP contribution in [0.5, 0.6) is 5.75 Å². The second-order valence-electron chi connectivity index (χ2n) is 5.80. The van der Waals surface area contributed by atoms with Crippen LogP contribution in [0.2, 0.25) is 0 Å². The number of carboxylic acids is 1. The first kappa shape index (κ1) is 15.4. The van der Waals surface area contributed by atoms with Crippen LogP contribution < -0.4 is 4.74 Å². The maximum absolute atomic E-state index is 12.3. The van der Waals surface area contributed by atoms with Gasteiger partial charge in [-0.1, -0.05) is 13.8 Å². The van der Waals surface area contributed by atoms with Crippen molar-refractivity contribution in [1.82, 2.24) is 4.90 Å². The van der Waals surface area contributed by atoms with Gasteiger partial charge in [-0.2, -0.15) is 0 Å². The van der Waals surface area contributed by atoms with Gasteiger partial charge in [0.2, 0.25) is 0 Å². The van der Waals surface area contributed by atoms with Gasteiger partial charge in [0.05, 0.1) is 12.5 Å². The molecule has 0 aromatic heterocycles. The summed E-state index contributed by atoms with van der Waals surface area (Å²) in [4.78, 5) is 24.8. The molecule has 1 unspecified atom stereocenters. The van der Waals surface area contributed by atoms with Crippen LogP contribution in [0.1, 0.15) is 30.6 Å². The van der Waals surface area contributed by atoms with Crippen molar-refractivity contribution >= 4 is 11.9 Å². The molecular formula is C16H21NO4. The number of carbonyl (C=O) groups excluding carboxylic acids is 1. The summed E-state index contributed by atoms with van der Waals surface area (Å²) in [5.41, 5.74) is 0.568. The number of nitrogens with zero attached hydrogens (tertiary/aromatic N) is 1. The number of aliphatic carboxylic acids is 1. The highest BCUT2D eigenvalue weighted by atomic mass is 16.5. The van der Waals surface area contributed by atoms with Gasteiger partial charge in [0.15, 0.2) is 0 Å². The Labute approximate surface area is 124 Å². The van der Waals surface area contributed by atoms with Crippen molar-refractivity contribution in [3.8, 4) is 5.75 Å².